The summed E-state index contributed by atoms with van der Waals surface area (Å²) in [6.45, 7) is 16.6. The zero-order valence-corrected chi connectivity index (χ0v) is 22.5. The van der Waals surface area contributed by atoms with Crippen LogP contribution in [0.5, 0.6) is 0 Å². The molecule has 1 aliphatic rings. The van der Waals surface area contributed by atoms with Gasteiger partial charge in [0.2, 0.25) is 0 Å². The largest absolute Gasteiger partial charge is 0.379 e. The molecule has 1 aliphatic heterocycles. The Hall–Kier alpha value is -3.03. The van der Waals surface area contributed by atoms with Gasteiger partial charge in [-0.2, -0.15) is 0 Å². The number of rotatable bonds is 6. The Kier molecular flexibility index (Phi) is 6.70. The highest BCUT2D eigenvalue weighted by Crippen LogP contribution is 2.43. The number of hydrogen-bond acceptors (Lipinski definition) is 5. The lowest BCUT2D eigenvalue weighted by Crippen LogP contribution is -2.36. The van der Waals surface area contributed by atoms with Gasteiger partial charge in [0.25, 0.3) is 0 Å². The van der Waals surface area contributed by atoms with Crippen molar-refractivity contribution in [2.24, 2.45) is 12.5 Å². The van der Waals surface area contributed by atoms with E-state index >= 15 is 0 Å². The molecule has 0 bridgehead atoms. The van der Waals surface area contributed by atoms with Crippen molar-refractivity contribution in [1.82, 2.24) is 29.4 Å². The predicted molar refractivity (Wildman–Crippen MR) is 143 cm³/mol. The average Bonchev–Trinajstić information content (AvgIpc) is 3.44. The third-order valence-corrected chi connectivity index (χ3v) is 7.57. The number of benzene rings is 2. The molecular formula is C29H38N6O. The maximum absolute atomic E-state index is 5.52. The van der Waals surface area contributed by atoms with Crippen LogP contribution < -0.4 is 0 Å². The van der Waals surface area contributed by atoms with E-state index in [1.165, 1.54) is 27.8 Å². The molecule has 1 fully saturated rings. The zero-order chi connectivity index (χ0) is 25.4. The molecule has 0 radical (unpaired) electrons. The van der Waals surface area contributed by atoms with Crippen molar-refractivity contribution < 1.29 is 4.74 Å². The number of morpholine rings is 1. The Morgan fingerprint density at radius 3 is 2.56 bits per heavy atom. The van der Waals surface area contributed by atoms with Crippen molar-refractivity contribution >= 4 is 11.0 Å². The number of aromatic nitrogens is 5. The molecule has 0 amide bonds. The number of ether oxygens (including phenoxy) is 1. The Bertz CT molecular complexity index is 1360. The lowest BCUT2D eigenvalue weighted by atomic mass is 9.71. The number of aryl methyl sites for hydroxylation is 3. The Labute approximate surface area is 214 Å². The van der Waals surface area contributed by atoms with Crippen LogP contribution in [0.3, 0.4) is 0 Å². The Morgan fingerprint density at radius 2 is 1.81 bits per heavy atom. The summed E-state index contributed by atoms with van der Waals surface area (Å²) in [4.78, 5) is 7.11. The molecule has 7 nitrogen and oxygen atoms in total. The molecule has 5 rings (SSSR count). The average molecular weight is 487 g/mol. The molecule has 4 aromatic rings. The fourth-order valence-electron chi connectivity index (χ4n) is 5.53. The Morgan fingerprint density at radius 1 is 1.03 bits per heavy atom. The van der Waals surface area contributed by atoms with E-state index < -0.39 is 0 Å². The SMILES string of the molecule is Cc1ccc(C(c2ccc3c(nnn3C)c2C)C(C)(C)C)cc1Cn1ccnc1CN1CCOCC1. The smallest absolute Gasteiger partial charge is 0.123 e. The summed E-state index contributed by atoms with van der Waals surface area (Å²) in [6, 6.07) is 11.4. The van der Waals surface area contributed by atoms with Crippen LogP contribution in [0.1, 0.15) is 60.3 Å². The topological polar surface area (TPSA) is 61.0 Å². The summed E-state index contributed by atoms with van der Waals surface area (Å²) in [6.07, 6.45) is 4.03. The maximum atomic E-state index is 5.52. The normalized spacial score (nSPS) is 16.1. The van der Waals surface area contributed by atoms with Gasteiger partial charge in [-0.25, -0.2) is 9.67 Å². The fraction of sp³-hybridized carbons (Fsp3) is 0.483. The summed E-state index contributed by atoms with van der Waals surface area (Å²) in [7, 11) is 1.95. The first kappa shape index (κ1) is 24.7. The van der Waals surface area contributed by atoms with Crippen LogP contribution >= 0.6 is 0 Å². The molecule has 1 unspecified atom stereocenters. The van der Waals surface area contributed by atoms with E-state index in [1.807, 2.05) is 17.9 Å². The minimum absolute atomic E-state index is 0.0314. The van der Waals surface area contributed by atoms with Crippen LogP contribution in [0.2, 0.25) is 0 Å². The van der Waals surface area contributed by atoms with Crippen molar-refractivity contribution in [2.45, 2.75) is 53.6 Å². The highest BCUT2D eigenvalue weighted by atomic mass is 16.5. The highest BCUT2D eigenvalue weighted by Gasteiger charge is 2.30. The number of fused-ring (bicyclic) bond motifs is 1. The standard InChI is InChI=1S/C29H38N6O/c1-20-7-8-22(17-23(20)18-35-12-11-30-26(35)19-34-13-15-36-16-14-34)27(29(3,4)5)24-9-10-25-28(21(24)2)31-32-33(25)6/h7-12,17,27H,13-16,18-19H2,1-6H3. The van der Waals surface area contributed by atoms with Gasteiger partial charge in [0.15, 0.2) is 0 Å². The Balaban J connectivity index is 1.49. The van der Waals surface area contributed by atoms with Crippen LogP contribution in [0.4, 0.5) is 0 Å². The lowest BCUT2D eigenvalue weighted by molar-refractivity contribution is 0.0326. The van der Waals surface area contributed by atoms with Crippen LogP contribution in [0.25, 0.3) is 11.0 Å². The van der Waals surface area contributed by atoms with Crippen LogP contribution in [0.15, 0.2) is 42.7 Å². The number of nitrogens with zero attached hydrogens (tertiary/aromatic N) is 6. The lowest BCUT2D eigenvalue weighted by Gasteiger charge is -2.33. The summed E-state index contributed by atoms with van der Waals surface area (Å²) in [5, 5.41) is 8.72. The molecule has 1 saturated heterocycles. The predicted octanol–water partition coefficient (Wildman–Crippen LogP) is 4.84. The molecule has 190 valence electrons. The molecular weight excluding hydrogens is 448 g/mol. The summed E-state index contributed by atoms with van der Waals surface area (Å²) in [5.41, 5.74) is 8.60. The second kappa shape index (κ2) is 9.79. The van der Waals surface area contributed by atoms with E-state index in [4.69, 9.17) is 4.74 Å². The summed E-state index contributed by atoms with van der Waals surface area (Å²) < 4.78 is 9.66. The second-order valence-electron chi connectivity index (χ2n) is 11.2. The van der Waals surface area contributed by atoms with Gasteiger partial charge in [0, 0.05) is 45.0 Å². The molecule has 36 heavy (non-hydrogen) atoms. The van der Waals surface area contributed by atoms with E-state index in [0.29, 0.717) is 0 Å². The highest BCUT2D eigenvalue weighted by molar-refractivity contribution is 5.79. The molecule has 3 heterocycles. The van der Waals surface area contributed by atoms with Gasteiger partial charge in [-0.3, -0.25) is 4.90 Å². The number of imidazole rings is 1. The van der Waals surface area contributed by atoms with Crippen molar-refractivity contribution in [2.75, 3.05) is 26.3 Å². The first-order valence-corrected chi connectivity index (χ1v) is 12.9. The first-order valence-electron chi connectivity index (χ1n) is 12.9. The molecule has 2 aromatic heterocycles. The van der Waals surface area contributed by atoms with E-state index in [9.17, 15) is 0 Å². The monoisotopic (exact) mass is 486 g/mol. The molecule has 0 N–H and O–H groups in total. The molecule has 1 atom stereocenters. The van der Waals surface area contributed by atoms with Gasteiger partial charge in [-0.15, -0.1) is 5.10 Å². The molecule has 0 saturated carbocycles. The molecule has 0 aliphatic carbocycles. The second-order valence-corrected chi connectivity index (χ2v) is 11.2. The van der Waals surface area contributed by atoms with Crippen LogP contribution in [-0.4, -0.2) is 55.7 Å². The third kappa shape index (κ3) is 4.82. The summed E-state index contributed by atoms with van der Waals surface area (Å²) >= 11 is 0. The third-order valence-electron chi connectivity index (χ3n) is 7.57. The van der Waals surface area contributed by atoms with Gasteiger partial charge in [0.1, 0.15) is 11.3 Å². The molecule has 2 aromatic carbocycles. The zero-order valence-electron chi connectivity index (χ0n) is 22.5. The van der Waals surface area contributed by atoms with E-state index in [1.54, 1.807) is 0 Å². The van der Waals surface area contributed by atoms with Crippen LogP contribution in [0, 0.1) is 19.3 Å². The van der Waals surface area contributed by atoms with Gasteiger partial charge in [-0.1, -0.05) is 50.3 Å². The fourth-order valence-corrected chi connectivity index (χ4v) is 5.53. The maximum Gasteiger partial charge on any atom is 0.123 e. The molecule has 7 heteroatoms. The van der Waals surface area contributed by atoms with Crippen molar-refractivity contribution in [3.8, 4) is 0 Å². The van der Waals surface area contributed by atoms with Gasteiger partial charge >= 0.3 is 0 Å². The van der Waals surface area contributed by atoms with E-state index in [0.717, 1.165) is 56.3 Å². The van der Waals surface area contributed by atoms with Crippen molar-refractivity contribution in [3.05, 3.63) is 76.4 Å². The minimum atomic E-state index is 0.0314. The van der Waals surface area contributed by atoms with Gasteiger partial charge in [0.05, 0.1) is 25.3 Å². The first-order chi connectivity index (χ1) is 17.2. The summed E-state index contributed by atoms with van der Waals surface area (Å²) in [5.74, 6) is 1.34. The van der Waals surface area contributed by atoms with Gasteiger partial charge < -0.3 is 9.30 Å². The van der Waals surface area contributed by atoms with E-state index in [-0.39, 0.29) is 11.3 Å². The van der Waals surface area contributed by atoms with Crippen molar-refractivity contribution in [3.63, 3.8) is 0 Å². The molecule has 0 spiro atoms. The number of hydrogen-bond donors (Lipinski definition) is 0. The van der Waals surface area contributed by atoms with Gasteiger partial charge in [-0.05, 0) is 53.1 Å². The minimum Gasteiger partial charge on any atom is -0.379 e. The van der Waals surface area contributed by atoms with Crippen molar-refractivity contribution in [1.29, 1.82) is 0 Å². The quantitative estimate of drug-likeness (QED) is 0.390. The van der Waals surface area contributed by atoms with Crippen LogP contribution in [-0.2, 0) is 24.9 Å². The van der Waals surface area contributed by atoms with E-state index in [2.05, 4.69) is 95.9 Å².